The lowest BCUT2D eigenvalue weighted by Gasteiger charge is -2.23. The predicted molar refractivity (Wildman–Crippen MR) is 105 cm³/mol. The van der Waals surface area contributed by atoms with Gasteiger partial charge in [-0.25, -0.2) is 4.98 Å². The Kier molecular flexibility index (Phi) is 5.19. The van der Waals surface area contributed by atoms with Gasteiger partial charge in [0.25, 0.3) is 0 Å². The highest BCUT2D eigenvalue weighted by molar-refractivity contribution is 6.33. The molecule has 1 aromatic heterocycles. The average molecular weight is 353 g/mol. The van der Waals surface area contributed by atoms with Crippen molar-refractivity contribution in [3.63, 3.8) is 0 Å². The number of hydrogen-bond acceptors (Lipinski definition) is 4. The molecule has 4 nitrogen and oxygen atoms in total. The summed E-state index contributed by atoms with van der Waals surface area (Å²) in [6, 6.07) is 18.0. The van der Waals surface area contributed by atoms with Crippen LogP contribution >= 0.6 is 11.6 Å². The van der Waals surface area contributed by atoms with E-state index >= 15 is 0 Å². The summed E-state index contributed by atoms with van der Waals surface area (Å²) in [6.45, 7) is 6.98. The third-order valence-corrected chi connectivity index (χ3v) is 4.20. The first kappa shape index (κ1) is 17.2. The molecular weight excluding hydrogens is 332 g/mol. The van der Waals surface area contributed by atoms with Gasteiger partial charge in [-0.2, -0.15) is 4.98 Å². The zero-order valence-electron chi connectivity index (χ0n) is 14.6. The third kappa shape index (κ3) is 4.09. The number of aromatic nitrogens is 2. The Morgan fingerprint density at radius 1 is 1.00 bits per heavy atom. The van der Waals surface area contributed by atoms with Crippen molar-refractivity contribution < 1.29 is 0 Å². The Hall–Kier alpha value is -2.59. The van der Waals surface area contributed by atoms with Gasteiger partial charge in [-0.15, -0.1) is 0 Å². The molecule has 128 valence electrons. The molecule has 0 saturated heterocycles. The molecule has 0 atom stereocenters. The van der Waals surface area contributed by atoms with Crippen LogP contribution < -0.4 is 10.2 Å². The molecule has 0 aliphatic heterocycles. The summed E-state index contributed by atoms with van der Waals surface area (Å²) in [7, 11) is 0. The van der Waals surface area contributed by atoms with Gasteiger partial charge in [0.15, 0.2) is 0 Å². The lowest BCUT2D eigenvalue weighted by Crippen LogP contribution is -2.18. The van der Waals surface area contributed by atoms with Gasteiger partial charge in [-0.3, -0.25) is 0 Å². The van der Waals surface area contributed by atoms with E-state index in [2.05, 4.69) is 53.3 Å². The van der Waals surface area contributed by atoms with Gasteiger partial charge in [0, 0.05) is 24.0 Å². The van der Waals surface area contributed by atoms with Gasteiger partial charge >= 0.3 is 0 Å². The molecule has 3 aromatic rings. The van der Waals surface area contributed by atoms with Crippen molar-refractivity contribution >= 4 is 34.7 Å². The second-order valence-electron chi connectivity index (χ2n) is 5.88. The minimum absolute atomic E-state index is 0.536. The normalized spacial score (nSPS) is 10.6. The smallest absolute Gasteiger partial charge is 0.229 e. The molecule has 0 amide bonds. The highest BCUT2D eigenvalue weighted by Crippen LogP contribution is 2.28. The number of hydrogen-bond donors (Lipinski definition) is 1. The molecule has 0 bridgehead atoms. The van der Waals surface area contributed by atoms with E-state index in [1.165, 1.54) is 5.56 Å². The van der Waals surface area contributed by atoms with Crippen LogP contribution in [0.1, 0.15) is 18.2 Å². The van der Waals surface area contributed by atoms with Gasteiger partial charge < -0.3 is 10.2 Å². The molecule has 1 heterocycles. The summed E-state index contributed by atoms with van der Waals surface area (Å²) in [5, 5.41) is 3.85. The fraction of sp³-hybridized carbons (Fsp3) is 0.200. The van der Waals surface area contributed by atoms with Crippen molar-refractivity contribution in [3.8, 4) is 0 Å². The molecule has 1 N–H and O–H groups in total. The quantitative estimate of drug-likeness (QED) is 0.644. The summed E-state index contributed by atoms with van der Waals surface area (Å²) in [4.78, 5) is 11.3. The maximum atomic E-state index is 6.23. The Morgan fingerprint density at radius 3 is 2.52 bits per heavy atom. The average Bonchev–Trinajstić information content (AvgIpc) is 2.57. The molecule has 2 aromatic carbocycles. The molecule has 0 aliphatic carbocycles. The summed E-state index contributed by atoms with van der Waals surface area (Å²) in [5.74, 6) is 1.39. The molecule has 0 fully saturated rings. The van der Waals surface area contributed by atoms with Crippen LogP contribution in [0.4, 0.5) is 23.1 Å². The van der Waals surface area contributed by atoms with Gasteiger partial charge in [-0.05, 0) is 50.6 Å². The molecule has 5 heteroatoms. The Bertz CT molecular complexity index is 879. The molecule has 0 spiro atoms. The van der Waals surface area contributed by atoms with E-state index in [9.17, 15) is 0 Å². The van der Waals surface area contributed by atoms with Gasteiger partial charge in [0.2, 0.25) is 5.95 Å². The Labute approximate surface area is 153 Å². The summed E-state index contributed by atoms with van der Waals surface area (Å²) in [5.41, 5.74) is 4.02. The van der Waals surface area contributed by atoms with Gasteiger partial charge in [0.05, 0.1) is 10.7 Å². The van der Waals surface area contributed by atoms with Crippen LogP contribution in [0, 0.1) is 13.8 Å². The molecule has 0 radical (unpaired) electrons. The number of anilines is 4. The van der Waals surface area contributed by atoms with Crippen molar-refractivity contribution in [1.82, 2.24) is 9.97 Å². The zero-order chi connectivity index (χ0) is 17.8. The van der Waals surface area contributed by atoms with Crippen LogP contribution in [0.3, 0.4) is 0 Å². The van der Waals surface area contributed by atoms with Crippen LogP contribution in [-0.2, 0) is 0 Å². The summed E-state index contributed by atoms with van der Waals surface area (Å²) < 4.78 is 0. The SMILES string of the molecule is CCN(c1cccc(C)c1)c1cc(C)nc(Nc2ccccc2Cl)n1. The zero-order valence-corrected chi connectivity index (χ0v) is 15.4. The fourth-order valence-electron chi connectivity index (χ4n) is 2.70. The van der Waals surface area contributed by atoms with E-state index in [0.29, 0.717) is 11.0 Å². The first-order chi connectivity index (χ1) is 12.1. The van der Waals surface area contributed by atoms with Crippen LogP contribution in [0.2, 0.25) is 5.02 Å². The van der Waals surface area contributed by atoms with Crippen molar-refractivity contribution in [2.75, 3.05) is 16.8 Å². The minimum Gasteiger partial charge on any atom is -0.326 e. The first-order valence-corrected chi connectivity index (χ1v) is 8.66. The highest BCUT2D eigenvalue weighted by Gasteiger charge is 2.12. The third-order valence-electron chi connectivity index (χ3n) is 3.87. The van der Waals surface area contributed by atoms with E-state index in [0.717, 1.165) is 29.4 Å². The maximum absolute atomic E-state index is 6.23. The number of aryl methyl sites for hydroxylation is 2. The standard InChI is InChI=1S/C20H21ClN4/c1-4-25(16-9-7-8-14(2)12-16)19-13-15(3)22-20(24-19)23-18-11-6-5-10-17(18)21/h5-13H,4H2,1-3H3,(H,22,23,24). The van der Waals surface area contributed by atoms with E-state index < -0.39 is 0 Å². The predicted octanol–water partition coefficient (Wildman–Crippen LogP) is 5.65. The van der Waals surface area contributed by atoms with Crippen LogP contribution in [0.25, 0.3) is 0 Å². The fourth-order valence-corrected chi connectivity index (χ4v) is 2.88. The van der Waals surface area contributed by atoms with E-state index in [1.54, 1.807) is 0 Å². The van der Waals surface area contributed by atoms with Crippen LogP contribution in [0.5, 0.6) is 0 Å². The molecule has 0 unspecified atom stereocenters. The molecule has 0 saturated carbocycles. The number of benzene rings is 2. The first-order valence-electron chi connectivity index (χ1n) is 8.28. The second kappa shape index (κ2) is 7.53. The van der Waals surface area contributed by atoms with Crippen LogP contribution in [-0.4, -0.2) is 16.5 Å². The van der Waals surface area contributed by atoms with E-state index in [1.807, 2.05) is 37.3 Å². The molecular formula is C20H21ClN4. The van der Waals surface area contributed by atoms with Gasteiger partial charge in [-0.1, -0.05) is 35.9 Å². The number of nitrogens with one attached hydrogen (secondary N) is 1. The van der Waals surface area contributed by atoms with Crippen molar-refractivity contribution in [2.45, 2.75) is 20.8 Å². The van der Waals surface area contributed by atoms with Crippen LogP contribution in [0.15, 0.2) is 54.6 Å². The summed E-state index contributed by atoms with van der Waals surface area (Å²) in [6.07, 6.45) is 0. The monoisotopic (exact) mass is 352 g/mol. The van der Waals surface area contributed by atoms with Crippen molar-refractivity contribution in [1.29, 1.82) is 0 Å². The minimum atomic E-state index is 0.536. The number of nitrogens with zero attached hydrogens (tertiary/aromatic N) is 3. The Morgan fingerprint density at radius 2 is 1.80 bits per heavy atom. The largest absolute Gasteiger partial charge is 0.326 e. The molecule has 3 rings (SSSR count). The molecule has 25 heavy (non-hydrogen) atoms. The Balaban J connectivity index is 1.96. The number of halogens is 1. The topological polar surface area (TPSA) is 41.1 Å². The highest BCUT2D eigenvalue weighted by atomic mass is 35.5. The van der Waals surface area contributed by atoms with E-state index in [-0.39, 0.29) is 0 Å². The second-order valence-corrected chi connectivity index (χ2v) is 6.29. The lowest BCUT2D eigenvalue weighted by atomic mass is 10.2. The maximum Gasteiger partial charge on any atom is 0.229 e. The number of para-hydroxylation sites is 1. The van der Waals surface area contributed by atoms with E-state index in [4.69, 9.17) is 16.6 Å². The summed E-state index contributed by atoms with van der Waals surface area (Å²) >= 11 is 6.23. The van der Waals surface area contributed by atoms with Gasteiger partial charge in [0.1, 0.15) is 5.82 Å². The van der Waals surface area contributed by atoms with Crippen molar-refractivity contribution in [2.24, 2.45) is 0 Å². The lowest BCUT2D eigenvalue weighted by molar-refractivity contribution is 0.968. The number of rotatable bonds is 5. The van der Waals surface area contributed by atoms with Crippen molar-refractivity contribution in [3.05, 3.63) is 70.9 Å². The molecule has 0 aliphatic rings.